The molecule has 160 valence electrons. The smallest absolute Gasteiger partial charge is 0.411 e. The highest BCUT2D eigenvalue weighted by Crippen LogP contribution is 2.25. The Balaban J connectivity index is 1.92. The number of amides is 1. The number of nitrogens with one attached hydrogen (secondary N) is 3. The Morgan fingerprint density at radius 1 is 1.19 bits per heavy atom. The van der Waals surface area contributed by atoms with E-state index in [1.54, 1.807) is 18.2 Å². The van der Waals surface area contributed by atoms with Gasteiger partial charge in [0.25, 0.3) is 0 Å². The van der Waals surface area contributed by atoms with Crippen LogP contribution < -0.4 is 22.1 Å². The van der Waals surface area contributed by atoms with E-state index in [-0.39, 0.29) is 46.8 Å². The average molecular weight is 428 g/mol. The number of halogens is 2. The highest BCUT2D eigenvalue weighted by molar-refractivity contribution is 6.12. The quantitative estimate of drug-likeness (QED) is 0.374. The SMILES string of the molecule is COC(=O)Nc1c(N)nc(C(=N)c2cc(F)cnc2NCc2ccccc2F)nc1N. The zero-order valence-electron chi connectivity index (χ0n) is 16.2. The molecule has 12 heteroatoms. The summed E-state index contributed by atoms with van der Waals surface area (Å²) < 4.78 is 32.2. The standard InChI is InChI=1S/C19H18F2N8O2/c1-31-19(30)27-14-15(23)28-18(29-16(14)24)13(22)11-6-10(20)8-26-17(11)25-7-9-4-2-3-5-12(9)21/h2-6,8,22H,7H2,1H3,(H,25,26)(H,27,30)(H4,23,24,28,29). The summed E-state index contributed by atoms with van der Waals surface area (Å²) in [5.41, 5.74) is 11.6. The molecule has 0 bridgehead atoms. The maximum absolute atomic E-state index is 13.9. The van der Waals surface area contributed by atoms with Gasteiger partial charge >= 0.3 is 6.09 Å². The summed E-state index contributed by atoms with van der Waals surface area (Å²) in [5.74, 6) is -1.70. The first-order chi connectivity index (χ1) is 14.8. The lowest BCUT2D eigenvalue weighted by Gasteiger charge is -2.14. The second-order valence-electron chi connectivity index (χ2n) is 6.18. The van der Waals surface area contributed by atoms with Crippen molar-refractivity contribution in [1.82, 2.24) is 15.0 Å². The summed E-state index contributed by atoms with van der Waals surface area (Å²) in [6.45, 7) is 0.0404. The van der Waals surface area contributed by atoms with E-state index in [1.807, 2.05) is 0 Å². The molecule has 1 amide bonds. The maximum atomic E-state index is 13.9. The van der Waals surface area contributed by atoms with Crippen molar-refractivity contribution in [1.29, 1.82) is 5.41 Å². The van der Waals surface area contributed by atoms with Crippen LogP contribution in [0, 0.1) is 17.0 Å². The Hall–Kier alpha value is -4.35. The third-order valence-electron chi connectivity index (χ3n) is 4.13. The van der Waals surface area contributed by atoms with Crippen LogP contribution in [0.25, 0.3) is 0 Å². The van der Waals surface area contributed by atoms with Crippen LogP contribution in [0.3, 0.4) is 0 Å². The van der Waals surface area contributed by atoms with Crippen molar-refractivity contribution in [2.45, 2.75) is 6.54 Å². The molecule has 31 heavy (non-hydrogen) atoms. The van der Waals surface area contributed by atoms with E-state index in [1.165, 1.54) is 6.07 Å². The minimum Gasteiger partial charge on any atom is -0.453 e. The molecule has 2 heterocycles. The predicted octanol–water partition coefficient (Wildman–Crippen LogP) is 2.52. The molecule has 0 aliphatic heterocycles. The van der Waals surface area contributed by atoms with Crippen LogP contribution in [0.15, 0.2) is 36.5 Å². The molecule has 2 aromatic heterocycles. The molecule has 0 spiro atoms. The number of hydrogen-bond donors (Lipinski definition) is 5. The third kappa shape index (κ3) is 4.80. The van der Waals surface area contributed by atoms with Gasteiger partial charge in [0.15, 0.2) is 17.5 Å². The number of pyridine rings is 1. The Morgan fingerprint density at radius 3 is 2.52 bits per heavy atom. The van der Waals surface area contributed by atoms with Crippen LogP contribution in [0.1, 0.15) is 17.0 Å². The van der Waals surface area contributed by atoms with E-state index < -0.39 is 17.7 Å². The van der Waals surface area contributed by atoms with Gasteiger partial charge in [0.2, 0.25) is 0 Å². The number of aromatic nitrogens is 3. The van der Waals surface area contributed by atoms with Crippen molar-refractivity contribution in [3.63, 3.8) is 0 Å². The van der Waals surface area contributed by atoms with Crippen LogP contribution in [-0.2, 0) is 11.3 Å². The average Bonchev–Trinajstić information content (AvgIpc) is 2.75. The Morgan fingerprint density at radius 2 is 1.87 bits per heavy atom. The lowest BCUT2D eigenvalue weighted by atomic mass is 10.1. The molecule has 0 saturated carbocycles. The van der Waals surface area contributed by atoms with E-state index in [0.717, 1.165) is 19.4 Å². The Kier molecular flexibility index (Phi) is 6.19. The fourth-order valence-corrected chi connectivity index (χ4v) is 2.60. The van der Waals surface area contributed by atoms with E-state index in [9.17, 15) is 13.6 Å². The molecule has 0 atom stereocenters. The van der Waals surface area contributed by atoms with Crippen molar-refractivity contribution in [2.24, 2.45) is 0 Å². The first-order valence-electron chi connectivity index (χ1n) is 8.80. The number of nitrogen functional groups attached to an aromatic ring is 2. The lowest BCUT2D eigenvalue weighted by molar-refractivity contribution is 0.187. The molecular weight excluding hydrogens is 410 g/mol. The first kappa shape index (κ1) is 21.4. The second kappa shape index (κ2) is 8.98. The number of carbonyl (C=O) groups is 1. The van der Waals surface area contributed by atoms with Crippen LogP contribution >= 0.6 is 0 Å². The predicted molar refractivity (Wildman–Crippen MR) is 111 cm³/mol. The second-order valence-corrected chi connectivity index (χ2v) is 6.18. The summed E-state index contributed by atoms with van der Waals surface area (Å²) in [5, 5.41) is 13.6. The number of nitrogens with zero attached hydrogens (tertiary/aromatic N) is 3. The van der Waals surface area contributed by atoms with Crippen molar-refractivity contribution < 1.29 is 18.3 Å². The fourth-order valence-electron chi connectivity index (χ4n) is 2.60. The molecule has 0 radical (unpaired) electrons. The van der Waals surface area contributed by atoms with Gasteiger partial charge in [-0.1, -0.05) is 18.2 Å². The minimum absolute atomic E-state index is 0.00353. The number of anilines is 4. The van der Waals surface area contributed by atoms with E-state index in [0.29, 0.717) is 5.56 Å². The van der Waals surface area contributed by atoms with Gasteiger partial charge in [-0.15, -0.1) is 0 Å². The fraction of sp³-hybridized carbons (Fsp3) is 0.105. The molecule has 0 saturated heterocycles. The molecule has 1 aromatic carbocycles. The van der Waals surface area contributed by atoms with Gasteiger partial charge < -0.3 is 21.5 Å². The van der Waals surface area contributed by atoms with Gasteiger partial charge in [-0.3, -0.25) is 10.7 Å². The summed E-state index contributed by atoms with van der Waals surface area (Å²) >= 11 is 0. The number of rotatable bonds is 6. The Labute approximate surface area is 175 Å². The van der Waals surface area contributed by atoms with Gasteiger partial charge in [-0.2, -0.15) is 0 Å². The van der Waals surface area contributed by atoms with Gasteiger partial charge in [0.05, 0.1) is 13.3 Å². The monoisotopic (exact) mass is 428 g/mol. The van der Waals surface area contributed by atoms with Gasteiger partial charge in [0, 0.05) is 17.7 Å². The van der Waals surface area contributed by atoms with Crippen molar-refractivity contribution in [2.75, 3.05) is 29.2 Å². The van der Waals surface area contributed by atoms with Crippen LogP contribution in [0.4, 0.5) is 36.7 Å². The molecule has 0 aliphatic carbocycles. The molecule has 0 unspecified atom stereocenters. The normalized spacial score (nSPS) is 10.4. The number of ether oxygens (including phenoxy) is 1. The molecule has 0 fully saturated rings. The first-order valence-corrected chi connectivity index (χ1v) is 8.80. The lowest BCUT2D eigenvalue weighted by Crippen LogP contribution is -2.19. The van der Waals surface area contributed by atoms with Gasteiger partial charge in [0.1, 0.15) is 28.9 Å². The number of hydrogen-bond acceptors (Lipinski definition) is 9. The highest BCUT2D eigenvalue weighted by atomic mass is 19.1. The third-order valence-corrected chi connectivity index (χ3v) is 4.13. The van der Waals surface area contributed by atoms with Crippen LogP contribution in [0.5, 0.6) is 0 Å². The van der Waals surface area contributed by atoms with Crippen molar-refractivity contribution >= 4 is 34.9 Å². The highest BCUT2D eigenvalue weighted by Gasteiger charge is 2.20. The number of carbonyl (C=O) groups excluding carboxylic acids is 1. The summed E-state index contributed by atoms with van der Waals surface area (Å²) in [6, 6.07) is 7.16. The van der Waals surface area contributed by atoms with Crippen molar-refractivity contribution in [3.05, 3.63) is 65.1 Å². The number of methoxy groups -OCH3 is 1. The van der Waals surface area contributed by atoms with E-state index in [4.69, 9.17) is 16.9 Å². The summed E-state index contributed by atoms with van der Waals surface area (Å²) in [6.07, 6.45) is 0.117. The Bertz CT molecular complexity index is 1130. The largest absolute Gasteiger partial charge is 0.453 e. The van der Waals surface area contributed by atoms with Crippen LogP contribution in [0.2, 0.25) is 0 Å². The summed E-state index contributed by atoms with van der Waals surface area (Å²) in [4.78, 5) is 23.2. The molecule has 3 rings (SSSR count). The van der Waals surface area contributed by atoms with E-state index >= 15 is 0 Å². The molecule has 10 nitrogen and oxygen atoms in total. The van der Waals surface area contributed by atoms with E-state index in [2.05, 4.69) is 30.3 Å². The van der Waals surface area contributed by atoms with Crippen LogP contribution in [-0.4, -0.2) is 33.9 Å². The molecular formula is C19H18F2N8O2. The zero-order valence-corrected chi connectivity index (χ0v) is 16.2. The maximum Gasteiger partial charge on any atom is 0.411 e. The zero-order chi connectivity index (χ0) is 22.5. The number of nitrogens with two attached hydrogens (primary N) is 2. The summed E-state index contributed by atoms with van der Waals surface area (Å²) in [7, 11) is 1.15. The molecule has 0 aliphatic rings. The van der Waals surface area contributed by atoms with Gasteiger partial charge in [-0.25, -0.2) is 28.5 Å². The topological polar surface area (TPSA) is 165 Å². The van der Waals surface area contributed by atoms with Crippen molar-refractivity contribution in [3.8, 4) is 0 Å². The molecule has 3 aromatic rings. The van der Waals surface area contributed by atoms with Gasteiger partial charge in [-0.05, 0) is 12.1 Å². The molecule has 7 N–H and O–H groups in total. The number of benzene rings is 1. The minimum atomic E-state index is -0.834.